The van der Waals surface area contributed by atoms with Gasteiger partial charge in [-0.3, -0.25) is 4.79 Å². The van der Waals surface area contributed by atoms with E-state index >= 15 is 0 Å². The Morgan fingerprint density at radius 3 is 2.95 bits per heavy atom. The largest absolute Gasteiger partial charge is 0.485 e. The summed E-state index contributed by atoms with van der Waals surface area (Å²) in [5.41, 5.74) is 0. The van der Waals surface area contributed by atoms with Crippen molar-refractivity contribution in [3.8, 4) is 11.5 Å². The maximum absolute atomic E-state index is 12.5. The lowest BCUT2D eigenvalue weighted by atomic mass is 10.1. The molecule has 0 spiro atoms. The van der Waals surface area contributed by atoms with Gasteiger partial charge in [0.1, 0.15) is 6.61 Å². The van der Waals surface area contributed by atoms with Crippen molar-refractivity contribution >= 4 is 5.91 Å². The number of piperazine rings is 1. The van der Waals surface area contributed by atoms with Crippen LogP contribution in [0.4, 0.5) is 0 Å². The third-order valence-electron chi connectivity index (χ3n) is 3.57. The number of hydrogen-bond acceptors (Lipinski definition) is 4. The molecule has 1 aromatic rings. The van der Waals surface area contributed by atoms with Crippen molar-refractivity contribution < 1.29 is 14.3 Å². The van der Waals surface area contributed by atoms with Crippen molar-refractivity contribution in [1.29, 1.82) is 0 Å². The molecule has 2 atom stereocenters. The zero-order valence-corrected chi connectivity index (χ0v) is 11.0. The van der Waals surface area contributed by atoms with E-state index in [2.05, 4.69) is 5.32 Å². The van der Waals surface area contributed by atoms with Gasteiger partial charge in [-0.15, -0.1) is 0 Å². The smallest absolute Gasteiger partial charge is 0.267 e. The van der Waals surface area contributed by atoms with Crippen molar-refractivity contribution in [2.45, 2.75) is 19.1 Å². The van der Waals surface area contributed by atoms with Gasteiger partial charge in [0.15, 0.2) is 11.5 Å². The SMILES string of the molecule is CC1CNCCN1C(=O)C1COc2ccccc2O1. The number of fused-ring (bicyclic) bond motifs is 1. The van der Waals surface area contributed by atoms with E-state index in [0.29, 0.717) is 11.5 Å². The first-order chi connectivity index (χ1) is 9.25. The van der Waals surface area contributed by atoms with E-state index in [0.717, 1.165) is 19.6 Å². The summed E-state index contributed by atoms with van der Waals surface area (Å²) < 4.78 is 11.4. The molecule has 2 aliphatic heterocycles. The molecule has 102 valence electrons. The zero-order chi connectivity index (χ0) is 13.2. The van der Waals surface area contributed by atoms with Gasteiger partial charge >= 0.3 is 0 Å². The molecule has 0 aromatic heterocycles. The number of carbonyl (C=O) groups is 1. The minimum atomic E-state index is -0.532. The Kier molecular flexibility index (Phi) is 3.29. The summed E-state index contributed by atoms with van der Waals surface area (Å²) in [6, 6.07) is 7.65. The lowest BCUT2D eigenvalue weighted by Crippen LogP contribution is -2.57. The van der Waals surface area contributed by atoms with Gasteiger partial charge < -0.3 is 19.7 Å². The van der Waals surface area contributed by atoms with Crippen LogP contribution < -0.4 is 14.8 Å². The highest BCUT2D eigenvalue weighted by Gasteiger charge is 2.33. The van der Waals surface area contributed by atoms with E-state index in [1.54, 1.807) is 0 Å². The molecule has 2 aliphatic rings. The van der Waals surface area contributed by atoms with Crippen molar-refractivity contribution in [3.63, 3.8) is 0 Å². The van der Waals surface area contributed by atoms with E-state index in [9.17, 15) is 4.79 Å². The summed E-state index contributed by atoms with van der Waals surface area (Å²) >= 11 is 0. The molecular weight excluding hydrogens is 244 g/mol. The Morgan fingerprint density at radius 2 is 2.16 bits per heavy atom. The lowest BCUT2D eigenvalue weighted by Gasteiger charge is -2.37. The number of ether oxygens (including phenoxy) is 2. The molecule has 0 bridgehead atoms. The molecule has 1 N–H and O–H groups in total. The topological polar surface area (TPSA) is 50.8 Å². The van der Waals surface area contributed by atoms with Gasteiger partial charge in [0, 0.05) is 25.7 Å². The van der Waals surface area contributed by atoms with Crippen LogP contribution in [0.25, 0.3) is 0 Å². The highest BCUT2D eigenvalue weighted by Crippen LogP contribution is 2.31. The first-order valence-corrected chi connectivity index (χ1v) is 6.65. The van der Waals surface area contributed by atoms with Crippen LogP contribution in [-0.4, -0.2) is 49.2 Å². The van der Waals surface area contributed by atoms with Crippen LogP contribution in [0.5, 0.6) is 11.5 Å². The molecule has 5 heteroatoms. The average Bonchev–Trinajstić information content (AvgIpc) is 2.46. The standard InChI is InChI=1S/C14H18N2O3/c1-10-8-15-6-7-16(10)14(17)13-9-18-11-4-2-3-5-12(11)19-13/h2-5,10,13,15H,6-9H2,1H3. The third-order valence-corrected chi connectivity index (χ3v) is 3.57. The quantitative estimate of drug-likeness (QED) is 0.807. The van der Waals surface area contributed by atoms with Gasteiger partial charge in [0.05, 0.1) is 0 Å². The summed E-state index contributed by atoms with van der Waals surface area (Å²) in [5.74, 6) is 1.37. The minimum absolute atomic E-state index is 0.0171. The van der Waals surface area contributed by atoms with Crippen LogP contribution in [-0.2, 0) is 4.79 Å². The predicted molar refractivity (Wildman–Crippen MR) is 70.4 cm³/mol. The van der Waals surface area contributed by atoms with Crippen LogP contribution in [0.1, 0.15) is 6.92 Å². The fourth-order valence-corrected chi connectivity index (χ4v) is 2.49. The number of nitrogens with zero attached hydrogens (tertiary/aromatic N) is 1. The third kappa shape index (κ3) is 2.38. The second kappa shape index (κ2) is 5.09. The van der Waals surface area contributed by atoms with Crippen LogP contribution >= 0.6 is 0 Å². The molecule has 1 aromatic carbocycles. The molecule has 0 saturated carbocycles. The Balaban J connectivity index is 1.72. The average molecular weight is 262 g/mol. The molecule has 0 radical (unpaired) electrons. The number of benzene rings is 1. The van der Waals surface area contributed by atoms with Gasteiger partial charge in [-0.1, -0.05) is 12.1 Å². The number of para-hydroxylation sites is 2. The summed E-state index contributed by atoms with van der Waals surface area (Å²) in [7, 11) is 0. The molecule has 2 heterocycles. The number of rotatable bonds is 1. The number of hydrogen-bond donors (Lipinski definition) is 1. The molecule has 5 nitrogen and oxygen atoms in total. The Labute approximate surface area is 112 Å². The van der Waals surface area contributed by atoms with Gasteiger partial charge in [-0.25, -0.2) is 0 Å². The van der Waals surface area contributed by atoms with Crippen molar-refractivity contribution in [1.82, 2.24) is 10.2 Å². The molecule has 2 unspecified atom stereocenters. The molecule has 1 amide bonds. The van der Waals surface area contributed by atoms with E-state index in [4.69, 9.17) is 9.47 Å². The Morgan fingerprint density at radius 1 is 1.37 bits per heavy atom. The molecule has 1 saturated heterocycles. The normalized spacial score (nSPS) is 26.1. The molecule has 3 rings (SSSR count). The molecule has 19 heavy (non-hydrogen) atoms. The molecule has 1 fully saturated rings. The first kappa shape index (κ1) is 12.3. The predicted octanol–water partition coefficient (Wildman–Crippen LogP) is 0.647. The fraction of sp³-hybridized carbons (Fsp3) is 0.500. The van der Waals surface area contributed by atoms with Gasteiger partial charge in [-0.05, 0) is 19.1 Å². The van der Waals surface area contributed by atoms with Crippen molar-refractivity contribution in [2.75, 3.05) is 26.2 Å². The zero-order valence-electron chi connectivity index (χ0n) is 11.0. The van der Waals surface area contributed by atoms with Gasteiger partial charge in [-0.2, -0.15) is 0 Å². The summed E-state index contributed by atoms with van der Waals surface area (Å²) in [6.07, 6.45) is -0.532. The fourth-order valence-electron chi connectivity index (χ4n) is 2.49. The summed E-state index contributed by atoms with van der Waals surface area (Å²) in [4.78, 5) is 14.3. The van der Waals surface area contributed by atoms with Crippen LogP contribution in [0.15, 0.2) is 24.3 Å². The van der Waals surface area contributed by atoms with Crippen LogP contribution in [0.3, 0.4) is 0 Å². The van der Waals surface area contributed by atoms with Crippen LogP contribution in [0, 0.1) is 0 Å². The maximum Gasteiger partial charge on any atom is 0.267 e. The highest BCUT2D eigenvalue weighted by atomic mass is 16.6. The van der Waals surface area contributed by atoms with Gasteiger partial charge in [0.25, 0.3) is 5.91 Å². The van der Waals surface area contributed by atoms with Crippen molar-refractivity contribution in [2.24, 2.45) is 0 Å². The summed E-state index contributed by atoms with van der Waals surface area (Å²) in [5, 5.41) is 3.27. The van der Waals surface area contributed by atoms with E-state index < -0.39 is 6.10 Å². The number of amides is 1. The van der Waals surface area contributed by atoms with E-state index in [-0.39, 0.29) is 18.6 Å². The van der Waals surface area contributed by atoms with E-state index in [1.165, 1.54) is 0 Å². The van der Waals surface area contributed by atoms with Crippen molar-refractivity contribution in [3.05, 3.63) is 24.3 Å². The second-order valence-electron chi connectivity index (χ2n) is 4.95. The second-order valence-corrected chi connectivity index (χ2v) is 4.95. The molecule has 0 aliphatic carbocycles. The number of nitrogens with one attached hydrogen (secondary N) is 1. The monoisotopic (exact) mass is 262 g/mol. The minimum Gasteiger partial charge on any atom is -0.485 e. The maximum atomic E-state index is 12.5. The number of carbonyl (C=O) groups excluding carboxylic acids is 1. The van der Waals surface area contributed by atoms with Crippen LogP contribution in [0.2, 0.25) is 0 Å². The van der Waals surface area contributed by atoms with E-state index in [1.807, 2.05) is 36.1 Å². The first-order valence-electron chi connectivity index (χ1n) is 6.65. The Bertz CT molecular complexity index is 478. The molecular formula is C14H18N2O3. The highest BCUT2D eigenvalue weighted by molar-refractivity contribution is 5.82. The Hall–Kier alpha value is -1.75. The lowest BCUT2D eigenvalue weighted by molar-refractivity contribution is -0.144. The van der Waals surface area contributed by atoms with Gasteiger partial charge in [0.2, 0.25) is 6.10 Å². The summed E-state index contributed by atoms with van der Waals surface area (Å²) in [6.45, 7) is 4.71.